The minimum absolute atomic E-state index is 0.0833. The summed E-state index contributed by atoms with van der Waals surface area (Å²) in [5, 5.41) is 0.473. The van der Waals surface area contributed by atoms with Crippen LogP contribution < -0.4 is 16.4 Å². The van der Waals surface area contributed by atoms with Gasteiger partial charge in [-0.2, -0.15) is 0 Å². The molecule has 1 saturated heterocycles. The maximum absolute atomic E-state index is 6.54. The van der Waals surface area contributed by atoms with E-state index >= 15 is 0 Å². The first-order chi connectivity index (χ1) is 14.8. The smallest absolute Gasteiger partial charge is 0.211 e. The van der Waals surface area contributed by atoms with E-state index < -0.39 is 0 Å². The van der Waals surface area contributed by atoms with Gasteiger partial charge in [0.15, 0.2) is 0 Å². The molecule has 3 heterocycles. The van der Waals surface area contributed by atoms with Gasteiger partial charge in [0.2, 0.25) is 5.95 Å². The van der Waals surface area contributed by atoms with Gasteiger partial charge in [-0.25, -0.2) is 15.0 Å². The molecule has 0 aromatic carbocycles. The molecule has 2 aromatic rings. The zero-order valence-corrected chi connectivity index (χ0v) is 19.5. The largest absolute Gasteiger partial charge is 0.382 e. The molecule has 0 bridgehead atoms. The van der Waals surface area contributed by atoms with Crippen LogP contribution in [0, 0.1) is 12.3 Å². The molecule has 1 atom stereocenters. The number of hydrogen-bond acceptors (Lipinski definition) is 6. The van der Waals surface area contributed by atoms with Crippen molar-refractivity contribution in [3.8, 4) is 0 Å². The predicted octanol–water partition coefficient (Wildman–Crippen LogP) is 4.17. The monoisotopic (exact) mass is 461 g/mol. The van der Waals surface area contributed by atoms with E-state index in [0.717, 1.165) is 60.8 Å². The molecule has 2 fully saturated rings. The van der Waals surface area contributed by atoms with E-state index in [9.17, 15) is 0 Å². The van der Waals surface area contributed by atoms with E-state index in [0.29, 0.717) is 16.5 Å². The van der Waals surface area contributed by atoms with Gasteiger partial charge in [0.25, 0.3) is 0 Å². The van der Waals surface area contributed by atoms with E-state index in [1.165, 1.54) is 12.8 Å². The molecule has 1 saturated carbocycles. The van der Waals surface area contributed by atoms with Crippen LogP contribution >= 0.6 is 23.2 Å². The average Bonchev–Trinajstić information content (AvgIpc) is 3.39. The van der Waals surface area contributed by atoms with Crippen molar-refractivity contribution in [2.45, 2.75) is 52.0 Å². The second-order valence-electron chi connectivity index (χ2n) is 8.64. The Morgan fingerprint density at radius 3 is 2.58 bits per heavy atom. The first-order valence-corrected chi connectivity index (χ1v) is 11.4. The Balaban J connectivity index is 1.72. The van der Waals surface area contributed by atoms with Gasteiger partial charge in [0, 0.05) is 37.1 Å². The van der Waals surface area contributed by atoms with E-state index in [1.54, 1.807) is 6.20 Å². The fraction of sp³-hybridized carbons (Fsp3) is 0.500. The number of aryl methyl sites for hydroxylation is 1. The molecule has 1 aliphatic heterocycles. The number of rotatable bonds is 4. The Morgan fingerprint density at radius 1 is 1.26 bits per heavy atom. The highest BCUT2D eigenvalue weighted by atomic mass is 35.5. The Morgan fingerprint density at radius 2 is 1.97 bits per heavy atom. The summed E-state index contributed by atoms with van der Waals surface area (Å²) in [4.78, 5) is 15.6. The molecule has 1 spiro atoms. The minimum Gasteiger partial charge on any atom is -0.382 e. The highest BCUT2D eigenvalue weighted by molar-refractivity contribution is 6.46. The van der Waals surface area contributed by atoms with Crippen LogP contribution in [-0.4, -0.2) is 40.2 Å². The summed E-state index contributed by atoms with van der Waals surface area (Å²) in [6.07, 6.45) is 9.55. The van der Waals surface area contributed by atoms with Crippen LogP contribution in [0.5, 0.6) is 0 Å². The van der Waals surface area contributed by atoms with Gasteiger partial charge in [-0.15, -0.1) is 0 Å². The summed E-state index contributed by atoms with van der Waals surface area (Å²) in [6, 6.07) is 0.324. The molecule has 2 aliphatic rings. The lowest BCUT2D eigenvalue weighted by Crippen LogP contribution is -2.47. The third-order valence-corrected chi connectivity index (χ3v) is 7.97. The molecule has 31 heavy (non-hydrogen) atoms. The number of anilines is 1. The minimum atomic E-state index is 0.0833. The molecule has 0 amide bonds. The number of aromatic nitrogens is 3. The number of piperidine rings is 1. The van der Waals surface area contributed by atoms with Crippen molar-refractivity contribution >= 4 is 47.1 Å². The molecular weight excluding hydrogens is 433 g/mol. The molecule has 2 aromatic heterocycles. The van der Waals surface area contributed by atoms with Gasteiger partial charge in [-0.1, -0.05) is 29.6 Å². The average molecular weight is 462 g/mol. The summed E-state index contributed by atoms with van der Waals surface area (Å²) in [6.45, 7) is 9.14. The maximum Gasteiger partial charge on any atom is 0.211 e. The Bertz CT molecular complexity index is 1080. The third-order valence-electron chi connectivity index (χ3n) is 7.02. The predicted molar refractivity (Wildman–Crippen MR) is 128 cm³/mol. The Labute approximate surface area is 192 Å². The fourth-order valence-corrected chi connectivity index (χ4v) is 5.52. The van der Waals surface area contributed by atoms with Crippen LogP contribution in [0.3, 0.4) is 0 Å². The number of imidazole rings is 1. The van der Waals surface area contributed by atoms with E-state index in [-0.39, 0.29) is 10.9 Å². The topological polar surface area (TPSA) is 97.8 Å². The summed E-state index contributed by atoms with van der Waals surface area (Å²) >= 11 is 12.8. The van der Waals surface area contributed by atoms with Crippen molar-refractivity contribution in [1.82, 2.24) is 14.4 Å². The van der Waals surface area contributed by atoms with Crippen molar-refractivity contribution in [2.24, 2.45) is 21.9 Å². The van der Waals surface area contributed by atoms with Crippen LogP contribution in [0.2, 0.25) is 0 Å². The summed E-state index contributed by atoms with van der Waals surface area (Å²) in [5.41, 5.74) is 15.7. The fourth-order valence-electron chi connectivity index (χ4n) is 5.13. The van der Waals surface area contributed by atoms with Crippen LogP contribution in [0.4, 0.5) is 5.95 Å². The molecule has 166 valence electrons. The second-order valence-corrected chi connectivity index (χ2v) is 9.39. The van der Waals surface area contributed by atoms with Crippen molar-refractivity contribution in [3.05, 3.63) is 39.5 Å². The van der Waals surface area contributed by atoms with Crippen LogP contribution in [0.15, 0.2) is 33.3 Å². The van der Waals surface area contributed by atoms with Gasteiger partial charge in [-0.05, 0) is 57.2 Å². The van der Waals surface area contributed by atoms with E-state index in [4.69, 9.17) is 39.7 Å². The summed E-state index contributed by atoms with van der Waals surface area (Å²) < 4.78 is 2.02. The lowest BCUT2D eigenvalue weighted by molar-refractivity contribution is 0.197. The Hall–Kier alpha value is -2.09. The van der Waals surface area contributed by atoms with Crippen LogP contribution in [-0.2, 0) is 0 Å². The first kappa shape index (κ1) is 22.1. The number of hydrogen-bond donors (Lipinski definition) is 2. The molecule has 1 aliphatic carbocycles. The van der Waals surface area contributed by atoms with Gasteiger partial charge in [-0.3, -0.25) is 4.40 Å². The number of nitrogens with zero attached hydrogens (tertiary/aromatic N) is 5. The zero-order valence-electron chi connectivity index (χ0n) is 18.0. The zero-order chi connectivity index (χ0) is 22.3. The summed E-state index contributed by atoms with van der Waals surface area (Å²) in [5.74, 6) is 0.980. The molecule has 7 nitrogen and oxygen atoms in total. The second kappa shape index (κ2) is 8.45. The van der Waals surface area contributed by atoms with Gasteiger partial charge in [0.05, 0.1) is 10.7 Å². The SMILES string of the molecule is C=N/C(N)=C(Cl)\C(Cl)=C(/C)c1c(C)nc(N2CCC3(CCC[C@H]3N)CC2)n2ccnc12. The quantitative estimate of drug-likeness (QED) is 0.525. The molecule has 9 heteroatoms. The Kier molecular flexibility index (Phi) is 6.03. The first-order valence-electron chi connectivity index (χ1n) is 10.6. The number of nitrogens with two attached hydrogens (primary N) is 2. The maximum atomic E-state index is 6.54. The highest BCUT2D eigenvalue weighted by Crippen LogP contribution is 2.46. The highest BCUT2D eigenvalue weighted by Gasteiger charge is 2.43. The number of halogens is 2. The lowest BCUT2D eigenvalue weighted by atomic mass is 9.74. The number of aliphatic imine (C=N–C) groups is 1. The van der Waals surface area contributed by atoms with Crippen molar-refractivity contribution in [3.63, 3.8) is 0 Å². The molecule has 4 N–H and O–H groups in total. The van der Waals surface area contributed by atoms with Gasteiger partial charge in [0.1, 0.15) is 16.5 Å². The van der Waals surface area contributed by atoms with E-state index in [2.05, 4.69) is 21.6 Å². The van der Waals surface area contributed by atoms with Crippen LogP contribution in [0.25, 0.3) is 11.2 Å². The van der Waals surface area contributed by atoms with Crippen molar-refractivity contribution in [1.29, 1.82) is 0 Å². The van der Waals surface area contributed by atoms with Gasteiger partial charge >= 0.3 is 0 Å². The van der Waals surface area contributed by atoms with E-state index in [1.807, 2.05) is 24.4 Å². The standard InChI is InChI=1S/C22H29Cl2N7/c1-13(17(23)18(24)19(26)27-3)16-14(2)29-21(31-12-9-28-20(16)31)30-10-7-22(8-11-30)6-4-5-15(22)25/h9,12,15H,3-8,10-11,25-26H2,1-2H3/b17-13-,19-18+/t15-/m1/s1. The van der Waals surface area contributed by atoms with Crippen molar-refractivity contribution < 1.29 is 0 Å². The van der Waals surface area contributed by atoms with Crippen LogP contribution in [0.1, 0.15) is 50.3 Å². The number of fused-ring (bicyclic) bond motifs is 1. The van der Waals surface area contributed by atoms with Crippen molar-refractivity contribution in [2.75, 3.05) is 18.0 Å². The lowest BCUT2D eigenvalue weighted by Gasteiger charge is -2.42. The molecule has 0 radical (unpaired) electrons. The number of allylic oxidation sites excluding steroid dienone is 3. The normalized spacial score (nSPS) is 22.6. The molecule has 0 unspecified atom stereocenters. The third kappa shape index (κ3) is 3.73. The molecule has 4 rings (SSSR count). The van der Waals surface area contributed by atoms with Gasteiger partial charge < -0.3 is 16.4 Å². The molecular formula is C22H29Cl2N7. The summed E-state index contributed by atoms with van der Waals surface area (Å²) in [7, 11) is 0.